The summed E-state index contributed by atoms with van der Waals surface area (Å²) in [5, 5.41) is 9.61. The summed E-state index contributed by atoms with van der Waals surface area (Å²) in [7, 11) is 3.51. The number of aryl methyl sites for hydroxylation is 1. The first-order chi connectivity index (χ1) is 14.2. The van der Waals surface area contributed by atoms with E-state index in [1.54, 1.807) is 24.2 Å². The van der Waals surface area contributed by atoms with Crippen LogP contribution in [-0.4, -0.2) is 31.8 Å². The number of para-hydroxylation sites is 1. The predicted molar refractivity (Wildman–Crippen MR) is 113 cm³/mol. The average Bonchev–Trinajstić information content (AvgIpc) is 3.14. The van der Waals surface area contributed by atoms with E-state index in [1.165, 1.54) is 0 Å². The molecular weight excluding hydrogens is 364 g/mol. The van der Waals surface area contributed by atoms with Gasteiger partial charge in [-0.2, -0.15) is 5.10 Å². The summed E-state index contributed by atoms with van der Waals surface area (Å²) in [6.07, 6.45) is 3.56. The number of ether oxygens (including phenoxy) is 1. The van der Waals surface area contributed by atoms with Crippen LogP contribution in [0.15, 0.2) is 67.0 Å². The lowest BCUT2D eigenvalue weighted by atomic mass is 10.1. The van der Waals surface area contributed by atoms with Crippen molar-refractivity contribution in [1.29, 1.82) is 0 Å². The Hall–Kier alpha value is -4.00. The quantitative estimate of drug-likeness (QED) is 0.498. The fourth-order valence-corrected chi connectivity index (χ4v) is 3.28. The van der Waals surface area contributed by atoms with Crippen LogP contribution in [0, 0.1) is 0 Å². The van der Waals surface area contributed by atoms with Crippen LogP contribution in [0.25, 0.3) is 33.3 Å². The molecule has 7 heteroatoms. The zero-order valence-corrected chi connectivity index (χ0v) is 16.0. The monoisotopic (exact) mass is 382 g/mol. The van der Waals surface area contributed by atoms with Gasteiger partial charge in [-0.3, -0.25) is 9.67 Å². The van der Waals surface area contributed by atoms with Crippen LogP contribution in [0.4, 0.5) is 11.5 Å². The number of fused-ring (bicyclic) bond motifs is 2. The van der Waals surface area contributed by atoms with E-state index in [0.29, 0.717) is 11.6 Å². The molecule has 3 aromatic heterocycles. The average molecular weight is 382 g/mol. The van der Waals surface area contributed by atoms with Gasteiger partial charge in [0.05, 0.1) is 24.2 Å². The van der Waals surface area contributed by atoms with Crippen molar-refractivity contribution in [2.75, 3.05) is 12.4 Å². The first-order valence-electron chi connectivity index (χ1n) is 9.17. The number of nitrogens with one attached hydrogen (secondary N) is 1. The lowest BCUT2D eigenvalue weighted by Gasteiger charge is -2.10. The number of aromatic nitrogens is 5. The molecule has 0 aliphatic rings. The maximum atomic E-state index is 5.32. The number of hydrogen-bond donors (Lipinski definition) is 1. The first-order valence-corrected chi connectivity index (χ1v) is 9.17. The van der Waals surface area contributed by atoms with Gasteiger partial charge in [-0.1, -0.05) is 24.3 Å². The third-order valence-electron chi connectivity index (χ3n) is 4.77. The van der Waals surface area contributed by atoms with Crippen LogP contribution in [0.1, 0.15) is 0 Å². The van der Waals surface area contributed by atoms with Crippen molar-refractivity contribution in [2.24, 2.45) is 7.05 Å². The third-order valence-corrected chi connectivity index (χ3v) is 4.77. The molecule has 0 saturated carbocycles. The molecule has 2 aromatic carbocycles. The van der Waals surface area contributed by atoms with Crippen molar-refractivity contribution < 1.29 is 4.74 Å². The summed E-state index contributed by atoms with van der Waals surface area (Å²) < 4.78 is 7.06. The summed E-state index contributed by atoms with van der Waals surface area (Å²) in [6, 6.07) is 17.7. The fourth-order valence-electron chi connectivity index (χ4n) is 3.28. The van der Waals surface area contributed by atoms with Crippen molar-refractivity contribution in [2.45, 2.75) is 0 Å². The molecule has 0 aliphatic carbocycles. The molecule has 0 radical (unpaired) electrons. The molecule has 3 heterocycles. The summed E-state index contributed by atoms with van der Waals surface area (Å²) in [5.41, 5.74) is 3.40. The molecule has 0 bridgehead atoms. The van der Waals surface area contributed by atoms with Crippen LogP contribution in [0.2, 0.25) is 0 Å². The van der Waals surface area contributed by atoms with Gasteiger partial charge in [-0.25, -0.2) is 9.97 Å². The number of hydrogen-bond acceptors (Lipinski definition) is 6. The van der Waals surface area contributed by atoms with Gasteiger partial charge in [0.1, 0.15) is 11.6 Å². The minimum Gasteiger partial charge on any atom is -0.497 e. The Labute approximate surface area is 167 Å². The number of pyridine rings is 1. The van der Waals surface area contributed by atoms with Crippen LogP contribution in [-0.2, 0) is 7.05 Å². The molecule has 0 saturated heterocycles. The Morgan fingerprint density at radius 3 is 2.76 bits per heavy atom. The molecule has 0 unspecified atom stereocenters. The van der Waals surface area contributed by atoms with Crippen molar-refractivity contribution in [3.8, 4) is 17.1 Å². The second kappa shape index (κ2) is 6.87. The van der Waals surface area contributed by atoms with Crippen LogP contribution in [0.3, 0.4) is 0 Å². The van der Waals surface area contributed by atoms with E-state index < -0.39 is 0 Å². The largest absolute Gasteiger partial charge is 0.497 e. The van der Waals surface area contributed by atoms with Gasteiger partial charge in [-0.05, 0) is 24.3 Å². The fraction of sp³-hybridized carbons (Fsp3) is 0.0909. The van der Waals surface area contributed by atoms with Crippen molar-refractivity contribution in [1.82, 2.24) is 24.7 Å². The highest BCUT2D eigenvalue weighted by atomic mass is 16.5. The van der Waals surface area contributed by atoms with Crippen molar-refractivity contribution in [3.05, 3.63) is 67.0 Å². The zero-order valence-electron chi connectivity index (χ0n) is 16.0. The van der Waals surface area contributed by atoms with E-state index in [9.17, 15) is 0 Å². The number of anilines is 2. The molecular formula is C22H18N6O. The summed E-state index contributed by atoms with van der Waals surface area (Å²) in [4.78, 5) is 14.1. The SMILES string of the molecule is COc1cccc(Nc2nc(-c3cnc4ccccc4c3)nc3c2cnn3C)c1. The third kappa shape index (κ3) is 3.12. The Balaban J connectivity index is 1.65. The number of rotatable bonds is 4. The normalized spacial score (nSPS) is 11.1. The molecule has 0 atom stereocenters. The molecule has 0 aliphatic heterocycles. The van der Waals surface area contributed by atoms with Crippen LogP contribution >= 0.6 is 0 Å². The second-order valence-electron chi connectivity index (χ2n) is 6.67. The topological polar surface area (TPSA) is 77.8 Å². The molecule has 29 heavy (non-hydrogen) atoms. The molecule has 5 aromatic rings. The van der Waals surface area contributed by atoms with E-state index in [-0.39, 0.29) is 0 Å². The summed E-state index contributed by atoms with van der Waals surface area (Å²) in [6.45, 7) is 0. The van der Waals surface area contributed by atoms with Crippen molar-refractivity contribution >= 4 is 33.4 Å². The first kappa shape index (κ1) is 17.1. The van der Waals surface area contributed by atoms with Gasteiger partial charge in [0.15, 0.2) is 11.5 Å². The Morgan fingerprint density at radius 2 is 1.86 bits per heavy atom. The molecule has 0 fully saturated rings. The Bertz CT molecular complexity index is 1340. The van der Waals surface area contributed by atoms with Gasteiger partial charge in [0.2, 0.25) is 0 Å². The van der Waals surface area contributed by atoms with E-state index >= 15 is 0 Å². The van der Waals surface area contributed by atoms with Crippen LogP contribution < -0.4 is 10.1 Å². The van der Waals surface area contributed by atoms with Gasteiger partial charge in [0, 0.05) is 35.9 Å². The maximum absolute atomic E-state index is 5.32. The molecule has 7 nitrogen and oxygen atoms in total. The van der Waals surface area contributed by atoms with Gasteiger partial charge in [0.25, 0.3) is 0 Å². The van der Waals surface area contributed by atoms with E-state index in [4.69, 9.17) is 14.7 Å². The van der Waals surface area contributed by atoms with E-state index in [0.717, 1.165) is 38.9 Å². The van der Waals surface area contributed by atoms with E-state index in [2.05, 4.69) is 21.5 Å². The highest BCUT2D eigenvalue weighted by Crippen LogP contribution is 2.29. The van der Waals surface area contributed by atoms with E-state index in [1.807, 2.05) is 55.6 Å². The molecule has 142 valence electrons. The Kier molecular flexibility index (Phi) is 4.05. The maximum Gasteiger partial charge on any atom is 0.165 e. The number of nitrogens with zero attached hydrogens (tertiary/aromatic N) is 5. The van der Waals surface area contributed by atoms with Gasteiger partial charge in [-0.15, -0.1) is 0 Å². The van der Waals surface area contributed by atoms with Crippen molar-refractivity contribution in [3.63, 3.8) is 0 Å². The van der Waals surface area contributed by atoms with Crippen LogP contribution in [0.5, 0.6) is 5.75 Å². The second-order valence-corrected chi connectivity index (χ2v) is 6.67. The lowest BCUT2D eigenvalue weighted by Crippen LogP contribution is -2.01. The van der Waals surface area contributed by atoms with Gasteiger partial charge < -0.3 is 10.1 Å². The summed E-state index contributed by atoms with van der Waals surface area (Å²) >= 11 is 0. The lowest BCUT2D eigenvalue weighted by molar-refractivity contribution is 0.415. The number of benzene rings is 2. The number of methoxy groups -OCH3 is 1. The highest BCUT2D eigenvalue weighted by molar-refractivity contribution is 5.91. The zero-order chi connectivity index (χ0) is 19.8. The Morgan fingerprint density at radius 1 is 0.966 bits per heavy atom. The highest BCUT2D eigenvalue weighted by Gasteiger charge is 2.14. The molecule has 1 N–H and O–H groups in total. The minimum atomic E-state index is 0.588. The summed E-state index contributed by atoms with van der Waals surface area (Å²) in [5.74, 6) is 2.04. The molecule has 5 rings (SSSR count). The van der Waals surface area contributed by atoms with Gasteiger partial charge >= 0.3 is 0 Å². The molecule has 0 spiro atoms. The molecule has 0 amide bonds. The predicted octanol–water partition coefficient (Wildman–Crippen LogP) is 4.33. The minimum absolute atomic E-state index is 0.588. The standard InChI is InChI=1S/C22H18N6O/c1-28-22-18(13-24-28)21(25-16-7-5-8-17(11-16)29-2)26-20(27-22)15-10-14-6-3-4-9-19(14)23-12-15/h3-13H,1-2H3,(H,25,26,27). The smallest absolute Gasteiger partial charge is 0.165 e.